The molecule has 184 valence electrons. The molecule has 1 fully saturated rings. The predicted molar refractivity (Wildman–Crippen MR) is 137 cm³/mol. The molecule has 1 heterocycles. The highest BCUT2D eigenvalue weighted by molar-refractivity contribution is 8.26. The summed E-state index contributed by atoms with van der Waals surface area (Å²) in [5.41, 5.74) is 1.49. The molecule has 35 heavy (non-hydrogen) atoms. The van der Waals surface area contributed by atoms with Crippen molar-refractivity contribution in [3.8, 4) is 17.2 Å². The number of carbonyl (C=O) groups is 3. The minimum Gasteiger partial charge on any atom is -0.502 e. The zero-order valence-corrected chi connectivity index (χ0v) is 21.0. The normalized spacial score (nSPS) is 14.3. The Bertz CT molecular complexity index is 1150. The number of ether oxygens (including phenoxy) is 3. The number of methoxy groups -OCH3 is 2. The van der Waals surface area contributed by atoms with Gasteiger partial charge in [-0.2, -0.15) is 0 Å². The second-order valence-electron chi connectivity index (χ2n) is 7.20. The number of phenolic OH excluding ortho intramolecular Hbond substituents is 1. The number of hydrogen-bond acceptors (Lipinski definition) is 9. The van der Waals surface area contributed by atoms with Crippen molar-refractivity contribution >= 4 is 57.8 Å². The van der Waals surface area contributed by atoms with Crippen molar-refractivity contribution in [3.05, 3.63) is 52.4 Å². The predicted octanol–water partition coefficient (Wildman–Crippen LogP) is 3.82. The Kier molecular flexibility index (Phi) is 8.72. The molecule has 11 heteroatoms. The maximum absolute atomic E-state index is 12.9. The summed E-state index contributed by atoms with van der Waals surface area (Å²) in [5, 5.41) is 12.8. The molecule has 2 aromatic rings. The highest BCUT2D eigenvalue weighted by atomic mass is 32.2. The standard InChI is InChI=1S/C24H24N2O7S2/c1-4-33-23(30)15-5-7-16(8-6-15)25-20(27)9-10-26-22(29)19(35-24(26)34)13-14-11-17(31-2)21(28)18(12-14)32-3/h5-8,11-13,28H,4,9-10H2,1-3H3,(H,25,27)/b19-13-. The van der Waals surface area contributed by atoms with Gasteiger partial charge in [-0.05, 0) is 55.0 Å². The molecule has 9 nitrogen and oxygen atoms in total. The van der Waals surface area contributed by atoms with Gasteiger partial charge in [0.15, 0.2) is 11.5 Å². The van der Waals surface area contributed by atoms with Gasteiger partial charge in [0.25, 0.3) is 5.91 Å². The molecule has 2 N–H and O–H groups in total. The fourth-order valence-corrected chi connectivity index (χ4v) is 4.49. The van der Waals surface area contributed by atoms with Crippen LogP contribution in [0.3, 0.4) is 0 Å². The number of carbonyl (C=O) groups excluding carboxylic acids is 3. The average Bonchev–Trinajstić information content (AvgIpc) is 3.11. The van der Waals surface area contributed by atoms with Crippen molar-refractivity contribution in [2.45, 2.75) is 13.3 Å². The Hall–Kier alpha value is -3.57. The third-order valence-electron chi connectivity index (χ3n) is 4.92. The van der Waals surface area contributed by atoms with Crippen molar-refractivity contribution in [1.82, 2.24) is 4.90 Å². The third-order valence-corrected chi connectivity index (χ3v) is 6.29. The molecule has 1 aliphatic heterocycles. The second kappa shape index (κ2) is 11.7. The minimum atomic E-state index is -0.433. The first-order chi connectivity index (χ1) is 16.8. The number of rotatable bonds is 9. The van der Waals surface area contributed by atoms with Crippen LogP contribution in [-0.4, -0.2) is 59.5 Å². The van der Waals surface area contributed by atoms with E-state index in [0.29, 0.717) is 26.0 Å². The summed E-state index contributed by atoms with van der Waals surface area (Å²) in [6, 6.07) is 9.48. The van der Waals surface area contributed by atoms with Gasteiger partial charge >= 0.3 is 5.97 Å². The van der Waals surface area contributed by atoms with Crippen molar-refractivity contribution in [3.63, 3.8) is 0 Å². The van der Waals surface area contributed by atoms with Crippen LogP contribution in [0.5, 0.6) is 17.2 Å². The quantitative estimate of drug-likeness (QED) is 0.292. The van der Waals surface area contributed by atoms with Gasteiger partial charge in [0.2, 0.25) is 11.7 Å². The summed E-state index contributed by atoms with van der Waals surface area (Å²) < 4.78 is 15.6. The highest BCUT2D eigenvalue weighted by Crippen LogP contribution is 2.39. The number of benzene rings is 2. The van der Waals surface area contributed by atoms with Crippen LogP contribution in [-0.2, 0) is 14.3 Å². The van der Waals surface area contributed by atoms with Crippen molar-refractivity contribution in [2.24, 2.45) is 0 Å². The number of amides is 2. The lowest BCUT2D eigenvalue weighted by molar-refractivity contribution is -0.122. The fourth-order valence-electron chi connectivity index (χ4n) is 3.18. The van der Waals surface area contributed by atoms with Crippen LogP contribution in [0.2, 0.25) is 0 Å². The van der Waals surface area contributed by atoms with E-state index in [9.17, 15) is 19.5 Å². The Morgan fingerprint density at radius 1 is 1.14 bits per heavy atom. The Balaban J connectivity index is 1.62. The summed E-state index contributed by atoms with van der Waals surface area (Å²) in [7, 11) is 2.83. The molecule has 0 radical (unpaired) electrons. The van der Waals surface area contributed by atoms with Crippen molar-refractivity contribution in [2.75, 3.05) is 32.7 Å². The van der Waals surface area contributed by atoms with E-state index >= 15 is 0 Å². The van der Waals surface area contributed by atoms with E-state index < -0.39 is 5.97 Å². The molecular formula is C24H24N2O7S2. The van der Waals surface area contributed by atoms with Crippen LogP contribution in [0, 0.1) is 0 Å². The molecular weight excluding hydrogens is 492 g/mol. The number of esters is 1. The minimum absolute atomic E-state index is 0.0280. The monoisotopic (exact) mass is 516 g/mol. The van der Waals surface area contributed by atoms with E-state index in [0.717, 1.165) is 11.8 Å². The molecule has 1 saturated heterocycles. The lowest BCUT2D eigenvalue weighted by atomic mass is 10.1. The Morgan fingerprint density at radius 3 is 2.34 bits per heavy atom. The summed E-state index contributed by atoms with van der Waals surface area (Å²) in [6.45, 7) is 2.11. The largest absolute Gasteiger partial charge is 0.502 e. The van der Waals surface area contributed by atoms with E-state index in [1.165, 1.54) is 19.1 Å². The van der Waals surface area contributed by atoms with E-state index in [-0.39, 0.29) is 48.6 Å². The fraction of sp³-hybridized carbons (Fsp3) is 0.250. The van der Waals surface area contributed by atoms with Crippen molar-refractivity contribution < 1.29 is 33.7 Å². The van der Waals surface area contributed by atoms with E-state index in [1.807, 2.05) is 0 Å². The maximum Gasteiger partial charge on any atom is 0.338 e. The molecule has 0 bridgehead atoms. The Labute approximate surface area is 212 Å². The first-order valence-corrected chi connectivity index (χ1v) is 11.8. The van der Waals surface area contributed by atoms with Crippen LogP contribution in [0.1, 0.15) is 29.3 Å². The van der Waals surface area contributed by atoms with E-state index in [1.54, 1.807) is 49.4 Å². The smallest absolute Gasteiger partial charge is 0.338 e. The van der Waals surface area contributed by atoms with Gasteiger partial charge in [-0.25, -0.2) is 4.79 Å². The van der Waals surface area contributed by atoms with Gasteiger partial charge in [0.1, 0.15) is 4.32 Å². The molecule has 0 atom stereocenters. The highest BCUT2D eigenvalue weighted by Gasteiger charge is 2.32. The van der Waals surface area contributed by atoms with Crippen LogP contribution >= 0.6 is 24.0 Å². The van der Waals surface area contributed by atoms with Crippen molar-refractivity contribution in [1.29, 1.82) is 0 Å². The number of anilines is 1. The number of aromatic hydroxyl groups is 1. The first kappa shape index (κ1) is 26.0. The first-order valence-electron chi connectivity index (χ1n) is 10.5. The van der Waals surface area contributed by atoms with E-state index in [2.05, 4.69) is 5.32 Å². The number of nitrogens with one attached hydrogen (secondary N) is 1. The van der Waals surface area contributed by atoms with Gasteiger partial charge in [-0.3, -0.25) is 14.5 Å². The zero-order chi connectivity index (χ0) is 25.5. The van der Waals surface area contributed by atoms with Gasteiger partial charge in [-0.15, -0.1) is 0 Å². The zero-order valence-electron chi connectivity index (χ0n) is 19.3. The van der Waals surface area contributed by atoms with E-state index in [4.69, 9.17) is 26.4 Å². The number of hydrogen-bond donors (Lipinski definition) is 2. The van der Waals surface area contributed by atoms with Gasteiger partial charge in [0.05, 0.1) is 31.3 Å². The molecule has 0 unspecified atom stereocenters. The Morgan fingerprint density at radius 2 is 1.77 bits per heavy atom. The number of nitrogens with zero attached hydrogens (tertiary/aromatic N) is 1. The summed E-state index contributed by atoms with van der Waals surface area (Å²) >= 11 is 6.45. The van der Waals surface area contributed by atoms with Gasteiger partial charge in [-0.1, -0.05) is 24.0 Å². The lowest BCUT2D eigenvalue weighted by Crippen LogP contribution is -2.31. The number of phenols is 1. The van der Waals surface area contributed by atoms with Crippen LogP contribution in [0.15, 0.2) is 41.3 Å². The topological polar surface area (TPSA) is 114 Å². The number of thioether (sulfide) groups is 1. The molecule has 2 amide bonds. The summed E-state index contributed by atoms with van der Waals surface area (Å²) in [4.78, 5) is 38.7. The number of thiocarbonyl (C=S) groups is 1. The molecule has 2 aromatic carbocycles. The van der Waals surface area contributed by atoms with Gasteiger partial charge in [0, 0.05) is 18.7 Å². The molecule has 0 spiro atoms. The molecule has 0 saturated carbocycles. The lowest BCUT2D eigenvalue weighted by Gasteiger charge is -2.14. The van der Waals surface area contributed by atoms with Crippen LogP contribution < -0.4 is 14.8 Å². The maximum atomic E-state index is 12.9. The van der Waals surface area contributed by atoms with Gasteiger partial charge < -0.3 is 24.6 Å². The molecule has 0 aromatic heterocycles. The molecule has 0 aliphatic carbocycles. The summed E-state index contributed by atoms with van der Waals surface area (Å²) in [5.74, 6) is -0.785. The summed E-state index contributed by atoms with van der Waals surface area (Å²) in [6.07, 6.45) is 1.65. The third kappa shape index (κ3) is 6.31. The molecule has 1 aliphatic rings. The molecule has 3 rings (SSSR count). The average molecular weight is 517 g/mol. The van der Waals surface area contributed by atoms with Crippen LogP contribution in [0.4, 0.5) is 5.69 Å². The van der Waals surface area contributed by atoms with Crippen LogP contribution in [0.25, 0.3) is 6.08 Å². The SMILES string of the molecule is CCOC(=O)c1ccc(NC(=O)CCN2C(=O)/C(=C/c3cc(OC)c(O)c(OC)c3)SC2=S)cc1. The second-order valence-corrected chi connectivity index (χ2v) is 8.88.